The van der Waals surface area contributed by atoms with Gasteiger partial charge in [0.15, 0.2) is 0 Å². The minimum Gasteiger partial charge on any atom is -0.160 e. The van der Waals surface area contributed by atoms with E-state index in [2.05, 4.69) is 31.4 Å². The second-order valence-corrected chi connectivity index (χ2v) is 5.41. The molecule has 0 spiro atoms. The molecule has 1 aromatic rings. The molecule has 112 valence electrons. The Labute approximate surface area is 136 Å². The van der Waals surface area contributed by atoms with Gasteiger partial charge in [0.1, 0.15) is 0 Å². The van der Waals surface area contributed by atoms with Crippen LogP contribution in [-0.4, -0.2) is 0 Å². The molecule has 0 fully saturated rings. The SMILES string of the molecule is C=C/C=C(C=C)/C(SF)=C(\C1=CCCC=C1)c1ccccc1. The van der Waals surface area contributed by atoms with Crippen LogP contribution in [-0.2, 0) is 0 Å². The molecule has 0 aromatic heterocycles. The fourth-order valence-corrected chi connectivity index (χ4v) is 2.98. The van der Waals surface area contributed by atoms with Crippen LogP contribution in [0.4, 0.5) is 3.89 Å². The van der Waals surface area contributed by atoms with E-state index in [0.717, 1.165) is 35.1 Å². The summed E-state index contributed by atoms with van der Waals surface area (Å²) in [7, 11) is 0. The minimum atomic E-state index is 0.257. The summed E-state index contributed by atoms with van der Waals surface area (Å²) in [4.78, 5) is 0.568. The quantitative estimate of drug-likeness (QED) is 0.534. The first-order chi connectivity index (χ1) is 10.8. The third-order valence-electron chi connectivity index (χ3n) is 3.43. The van der Waals surface area contributed by atoms with Gasteiger partial charge in [-0.25, -0.2) is 0 Å². The second-order valence-electron chi connectivity index (χ2n) is 4.85. The second kappa shape index (κ2) is 8.40. The largest absolute Gasteiger partial charge is 0.160 e. The van der Waals surface area contributed by atoms with Crippen molar-refractivity contribution in [2.45, 2.75) is 12.8 Å². The topological polar surface area (TPSA) is 0 Å². The molecule has 0 N–H and O–H groups in total. The van der Waals surface area contributed by atoms with Gasteiger partial charge in [0, 0.05) is 5.57 Å². The Bertz CT molecular complexity index is 660. The Hall–Kier alpha value is -2.06. The molecule has 0 radical (unpaired) electrons. The fourth-order valence-electron chi connectivity index (χ4n) is 2.42. The first kappa shape index (κ1) is 16.3. The summed E-state index contributed by atoms with van der Waals surface area (Å²) < 4.78 is 13.8. The predicted molar refractivity (Wildman–Crippen MR) is 97.0 cm³/mol. The lowest BCUT2D eigenvalue weighted by atomic mass is 9.91. The molecule has 0 aliphatic heterocycles. The molecule has 0 nitrogen and oxygen atoms in total. The van der Waals surface area contributed by atoms with Crippen molar-refractivity contribution in [3.8, 4) is 0 Å². The monoisotopic (exact) mass is 310 g/mol. The van der Waals surface area contributed by atoms with E-state index in [1.165, 1.54) is 0 Å². The van der Waals surface area contributed by atoms with E-state index in [4.69, 9.17) is 0 Å². The number of halogens is 1. The van der Waals surface area contributed by atoms with Crippen molar-refractivity contribution in [3.05, 3.63) is 102 Å². The average Bonchev–Trinajstić information content (AvgIpc) is 2.59. The van der Waals surface area contributed by atoms with E-state index in [9.17, 15) is 3.89 Å². The van der Waals surface area contributed by atoms with Crippen molar-refractivity contribution in [2.24, 2.45) is 0 Å². The van der Waals surface area contributed by atoms with Crippen molar-refractivity contribution in [1.29, 1.82) is 0 Å². The third-order valence-corrected chi connectivity index (χ3v) is 4.02. The molecule has 0 atom stereocenters. The van der Waals surface area contributed by atoms with Crippen LogP contribution < -0.4 is 0 Å². The number of benzene rings is 1. The van der Waals surface area contributed by atoms with Gasteiger partial charge in [0.05, 0.1) is 17.1 Å². The van der Waals surface area contributed by atoms with Gasteiger partial charge in [0.25, 0.3) is 0 Å². The van der Waals surface area contributed by atoms with E-state index in [0.29, 0.717) is 4.91 Å². The maximum Gasteiger partial charge on any atom is 0.0825 e. The summed E-state index contributed by atoms with van der Waals surface area (Å²) >= 11 is 0.257. The zero-order valence-corrected chi connectivity index (χ0v) is 13.3. The zero-order valence-electron chi connectivity index (χ0n) is 12.5. The van der Waals surface area contributed by atoms with E-state index in [1.54, 1.807) is 18.2 Å². The van der Waals surface area contributed by atoms with E-state index in [1.807, 2.05) is 30.3 Å². The predicted octanol–water partition coefficient (Wildman–Crippen LogP) is 6.59. The zero-order chi connectivity index (χ0) is 15.8. The molecule has 1 aliphatic rings. The minimum absolute atomic E-state index is 0.257. The highest BCUT2D eigenvalue weighted by Crippen LogP contribution is 2.39. The van der Waals surface area contributed by atoms with Crippen LogP contribution in [0.2, 0.25) is 0 Å². The molecule has 2 rings (SSSR count). The average molecular weight is 310 g/mol. The summed E-state index contributed by atoms with van der Waals surface area (Å²) in [6.07, 6.45) is 13.5. The number of allylic oxidation sites excluding steroid dienone is 9. The van der Waals surface area contributed by atoms with Crippen molar-refractivity contribution in [2.75, 3.05) is 0 Å². The Morgan fingerprint density at radius 1 is 1.14 bits per heavy atom. The van der Waals surface area contributed by atoms with E-state index in [-0.39, 0.29) is 12.1 Å². The van der Waals surface area contributed by atoms with Crippen LogP contribution in [0.15, 0.2) is 96.0 Å². The molecular weight excluding hydrogens is 291 g/mol. The van der Waals surface area contributed by atoms with Gasteiger partial charge in [-0.2, -0.15) is 3.89 Å². The fraction of sp³-hybridized carbons (Fsp3) is 0.100. The van der Waals surface area contributed by atoms with Crippen LogP contribution in [0, 0.1) is 0 Å². The Balaban J connectivity index is 2.69. The van der Waals surface area contributed by atoms with Gasteiger partial charge >= 0.3 is 0 Å². The molecule has 0 saturated carbocycles. The summed E-state index contributed by atoms with van der Waals surface area (Å²) in [5, 5.41) is 0. The smallest absolute Gasteiger partial charge is 0.0825 e. The maximum atomic E-state index is 13.8. The number of hydrogen-bond donors (Lipinski definition) is 0. The van der Waals surface area contributed by atoms with Crippen LogP contribution in [0.5, 0.6) is 0 Å². The Morgan fingerprint density at radius 3 is 2.45 bits per heavy atom. The molecule has 0 bridgehead atoms. The first-order valence-corrected chi connectivity index (χ1v) is 7.94. The Morgan fingerprint density at radius 2 is 1.91 bits per heavy atom. The molecule has 1 aromatic carbocycles. The highest BCUT2D eigenvalue weighted by Gasteiger charge is 2.16. The van der Waals surface area contributed by atoms with Gasteiger partial charge in [-0.1, -0.05) is 79.9 Å². The lowest BCUT2D eigenvalue weighted by Gasteiger charge is -2.17. The summed E-state index contributed by atoms with van der Waals surface area (Å²) in [5.74, 6) is 0. The van der Waals surface area contributed by atoms with Crippen molar-refractivity contribution in [1.82, 2.24) is 0 Å². The molecule has 0 saturated heterocycles. The third kappa shape index (κ3) is 3.77. The number of hydrogen-bond acceptors (Lipinski definition) is 1. The van der Waals surface area contributed by atoms with Crippen molar-refractivity contribution >= 4 is 17.7 Å². The first-order valence-electron chi connectivity index (χ1n) is 7.22. The van der Waals surface area contributed by atoms with E-state index < -0.39 is 0 Å². The van der Waals surface area contributed by atoms with Gasteiger partial charge in [0.2, 0.25) is 0 Å². The molecule has 2 heteroatoms. The normalized spacial score (nSPS) is 15.9. The van der Waals surface area contributed by atoms with Crippen LogP contribution in [0.3, 0.4) is 0 Å². The Kier molecular flexibility index (Phi) is 6.23. The summed E-state index contributed by atoms with van der Waals surface area (Å²) in [6.45, 7) is 7.50. The molecule has 22 heavy (non-hydrogen) atoms. The van der Waals surface area contributed by atoms with Crippen molar-refractivity contribution < 1.29 is 3.89 Å². The van der Waals surface area contributed by atoms with Gasteiger partial charge in [-0.15, -0.1) is 0 Å². The van der Waals surface area contributed by atoms with Gasteiger partial charge in [-0.3, -0.25) is 0 Å². The summed E-state index contributed by atoms with van der Waals surface area (Å²) in [5.41, 5.74) is 3.69. The van der Waals surface area contributed by atoms with Gasteiger partial charge < -0.3 is 0 Å². The highest BCUT2D eigenvalue weighted by atomic mass is 32.2. The van der Waals surface area contributed by atoms with Gasteiger partial charge in [-0.05, 0) is 29.6 Å². The summed E-state index contributed by atoms with van der Waals surface area (Å²) in [6, 6.07) is 9.90. The van der Waals surface area contributed by atoms with E-state index >= 15 is 0 Å². The standard InChI is InChI=1S/C20H19FS/c1-3-11-16(4-2)20(22-21)19(17-12-7-5-8-13-17)18-14-9-6-10-15-18/h3-5,7-9,11-15H,1-2,6,10H2/b16-11+,20-19+. The maximum absolute atomic E-state index is 13.8. The molecule has 0 heterocycles. The van der Waals surface area contributed by atoms with Crippen molar-refractivity contribution in [3.63, 3.8) is 0 Å². The van der Waals surface area contributed by atoms with Crippen LogP contribution in [0.1, 0.15) is 18.4 Å². The van der Waals surface area contributed by atoms with Crippen LogP contribution in [0.25, 0.3) is 5.57 Å². The molecule has 0 unspecified atom stereocenters. The molecular formula is C20H19FS. The number of rotatable bonds is 6. The highest BCUT2D eigenvalue weighted by molar-refractivity contribution is 7.98. The molecule has 0 amide bonds. The lowest BCUT2D eigenvalue weighted by Crippen LogP contribution is -1.96. The molecule has 1 aliphatic carbocycles. The lowest BCUT2D eigenvalue weighted by molar-refractivity contribution is 0.944. The van der Waals surface area contributed by atoms with Crippen LogP contribution >= 0.6 is 12.1 Å².